The Morgan fingerprint density at radius 3 is 2.46 bits per heavy atom. The number of quaternary nitrogens is 1. The average molecular weight is 368 g/mol. The fourth-order valence-corrected chi connectivity index (χ4v) is 4.17. The number of rotatable bonds is 4. The third kappa shape index (κ3) is 3.79. The minimum absolute atomic E-state index is 0.0145. The molecule has 0 bridgehead atoms. The van der Waals surface area contributed by atoms with Crippen LogP contribution < -0.4 is 4.90 Å². The first-order valence-corrected chi connectivity index (χ1v) is 9.34. The van der Waals surface area contributed by atoms with Crippen molar-refractivity contribution in [3.8, 4) is 0 Å². The molecule has 0 spiro atoms. The lowest BCUT2D eigenvalue weighted by Gasteiger charge is -2.32. The van der Waals surface area contributed by atoms with Gasteiger partial charge < -0.3 is 9.80 Å². The van der Waals surface area contributed by atoms with E-state index in [1.54, 1.807) is 4.90 Å². The number of halogens is 2. The predicted molar refractivity (Wildman–Crippen MR) is 98.0 cm³/mol. The molecule has 130 valence electrons. The topological polar surface area (TPSA) is 24.8 Å². The highest BCUT2D eigenvalue weighted by Gasteiger charge is 2.61. The Kier molecular flexibility index (Phi) is 5.24. The highest BCUT2D eigenvalue weighted by Crippen LogP contribution is 2.60. The Labute approximate surface area is 154 Å². The minimum atomic E-state index is -0.0415. The van der Waals surface area contributed by atoms with Crippen LogP contribution in [0.2, 0.25) is 0 Å². The smallest absolute Gasteiger partial charge is 0.227 e. The summed E-state index contributed by atoms with van der Waals surface area (Å²) in [6, 6.07) is 10.6. The highest BCUT2D eigenvalue weighted by molar-refractivity contribution is 6.55. The van der Waals surface area contributed by atoms with Gasteiger partial charge in [0.05, 0.1) is 32.1 Å². The molecular formula is C19H25Cl2N2O+. The van der Waals surface area contributed by atoms with Crippen LogP contribution in [0.1, 0.15) is 19.4 Å². The second-order valence-electron chi connectivity index (χ2n) is 7.52. The zero-order valence-electron chi connectivity index (χ0n) is 14.3. The van der Waals surface area contributed by atoms with Crippen molar-refractivity contribution in [2.45, 2.75) is 20.4 Å². The fraction of sp³-hybridized carbons (Fsp3) is 0.526. The van der Waals surface area contributed by atoms with Gasteiger partial charge in [-0.15, -0.1) is 0 Å². The standard InChI is InChI=1S/C19H24Cl2N2O/c1-19(2)15(12-16(20)21)17(19)18(24)23-10-8-22(9-11-23)13-14-6-4-3-5-7-14/h3-7,12,15,17H,8-11,13H2,1-2H3/p+1/t15-,17-/m1/s1. The third-order valence-corrected chi connectivity index (χ3v) is 5.81. The van der Waals surface area contributed by atoms with E-state index < -0.39 is 0 Å². The predicted octanol–water partition coefficient (Wildman–Crippen LogP) is 2.50. The molecule has 0 unspecified atom stereocenters. The number of piperazine rings is 1. The van der Waals surface area contributed by atoms with Crippen molar-refractivity contribution in [3.05, 3.63) is 46.5 Å². The van der Waals surface area contributed by atoms with Crippen LogP contribution in [0.4, 0.5) is 0 Å². The zero-order valence-corrected chi connectivity index (χ0v) is 15.8. The molecule has 2 fully saturated rings. The van der Waals surface area contributed by atoms with E-state index in [0.29, 0.717) is 0 Å². The van der Waals surface area contributed by atoms with E-state index >= 15 is 0 Å². The van der Waals surface area contributed by atoms with Gasteiger partial charge in [-0.25, -0.2) is 0 Å². The molecule has 1 N–H and O–H groups in total. The van der Waals surface area contributed by atoms with E-state index in [1.165, 1.54) is 5.56 Å². The van der Waals surface area contributed by atoms with Gasteiger partial charge in [-0.3, -0.25) is 4.79 Å². The van der Waals surface area contributed by atoms with Crippen molar-refractivity contribution < 1.29 is 9.69 Å². The molecule has 3 nitrogen and oxygen atoms in total. The number of carbonyl (C=O) groups excluding carboxylic acids is 1. The minimum Gasteiger partial charge on any atom is -0.331 e. The SMILES string of the molecule is CC1(C)[C@H](C=C(Cl)Cl)[C@@H]1C(=O)N1CC[NH+](Cc2ccccc2)CC1. The number of nitrogens with zero attached hydrogens (tertiary/aromatic N) is 1. The van der Waals surface area contributed by atoms with Crippen molar-refractivity contribution in [3.63, 3.8) is 0 Å². The number of hydrogen-bond donors (Lipinski definition) is 1. The molecule has 0 aromatic heterocycles. The van der Waals surface area contributed by atoms with Gasteiger partial charge in [0, 0.05) is 5.56 Å². The molecule has 1 heterocycles. The zero-order chi connectivity index (χ0) is 17.3. The summed E-state index contributed by atoms with van der Waals surface area (Å²) in [5, 5.41) is 0. The van der Waals surface area contributed by atoms with Crippen molar-refractivity contribution >= 4 is 29.1 Å². The van der Waals surface area contributed by atoms with Gasteiger partial charge in [-0.2, -0.15) is 0 Å². The average Bonchev–Trinajstić information content (AvgIpc) is 3.08. The first-order valence-electron chi connectivity index (χ1n) is 8.58. The lowest BCUT2D eigenvalue weighted by Crippen LogP contribution is -3.13. The molecular weight excluding hydrogens is 343 g/mol. The number of amides is 1. The van der Waals surface area contributed by atoms with Gasteiger partial charge in [0.2, 0.25) is 5.91 Å². The second kappa shape index (κ2) is 7.07. The molecule has 1 aromatic carbocycles. The first-order chi connectivity index (χ1) is 11.4. The molecule has 1 aromatic rings. The molecule has 3 rings (SSSR count). The third-order valence-electron chi connectivity index (χ3n) is 5.56. The van der Waals surface area contributed by atoms with Crippen LogP contribution in [0.3, 0.4) is 0 Å². The second-order valence-corrected chi connectivity index (χ2v) is 8.53. The highest BCUT2D eigenvalue weighted by atomic mass is 35.5. The Morgan fingerprint density at radius 1 is 1.25 bits per heavy atom. The van der Waals surface area contributed by atoms with Crippen molar-refractivity contribution in [2.24, 2.45) is 17.3 Å². The summed E-state index contributed by atoms with van der Waals surface area (Å²) in [6.45, 7) is 8.94. The van der Waals surface area contributed by atoms with Gasteiger partial charge >= 0.3 is 0 Å². The van der Waals surface area contributed by atoms with Gasteiger partial charge in [0.15, 0.2) is 0 Å². The summed E-state index contributed by atoms with van der Waals surface area (Å²) in [6.07, 6.45) is 1.82. The van der Waals surface area contributed by atoms with E-state index in [-0.39, 0.29) is 27.6 Å². The molecule has 1 aliphatic carbocycles. The quantitative estimate of drug-likeness (QED) is 0.868. The van der Waals surface area contributed by atoms with E-state index in [4.69, 9.17) is 23.2 Å². The Balaban J connectivity index is 1.53. The van der Waals surface area contributed by atoms with Crippen LogP contribution in [0, 0.1) is 17.3 Å². The van der Waals surface area contributed by atoms with E-state index in [2.05, 4.69) is 38.1 Å². The fourth-order valence-electron chi connectivity index (χ4n) is 3.90. The summed E-state index contributed by atoms with van der Waals surface area (Å²) >= 11 is 11.6. The Bertz CT molecular complexity index is 618. The molecule has 1 saturated heterocycles. The van der Waals surface area contributed by atoms with E-state index in [0.717, 1.165) is 32.7 Å². The number of allylic oxidation sites excluding steroid dienone is 1. The number of benzene rings is 1. The summed E-state index contributed by atoms with van der Waals surface area (Å²) in [5.41, 5.74) is 1.32. The number of carbonyl (C=O) groups is 1. The molecule has 2 atom stereocenters. The molecule has 2 aliphatic rings. The van der Waals surface area contributed by atoms with Gasteiger partial charge in [-0.1, -0.05) is 67.4 Å². The summed E-state index contributed by atoms with van der Waals surface area (Å²) in [7, 11) is 0. The maximum atomic E-state index is 12.8. The van der Waals surface area contributed by atoms with Crippen LogP contribution in [-0.2, 0) is 11.3 Å². The molecule has 1 aliphatic heterocycles. The van der Waals surface area contributed by atoms with E-state index in [1.807, 2.05) is 17.0 Å². The van der Waals surface area contributed by atoms with Crippen LogP contribution in [-0.4, -0.2) is 37.0 Å². The summed E-state index contributed by atoms with van der Waals surface area (Å²) in [5.74, 6) is 0.431. The van der Waals surface area contributed by atoms with Crippen molar-refractivity contribution in [1.82, 2.24) is 4.90 Å². The van der Waals surface area contributed by atoms with Gasteiger partial charge in [0.1, 0.15) is 11.0 Å². The number of hydrogen-bond acceptors (Lipinski definition) is 1. The molecule has 1 amide bonds. The largest absolute Gasteiger partial charge is 0.331 e. The molecule has 5 heteroatoms. The normalized spacial score (nSPS) is 26.1. The van der Waals surface area contributed by atoms with Crippen LogP contribution in [0.15, 0.2) is 40.9 Å². The lowest BCUT2D eigenvalue weighted by atomic mass is 10.1. The van der Waals surface area contributed by atoms with Crippen LogP contribution >= 0.6 is 23.2 Å². The monoisotopic (exact) mass is 367 g/mol. The van der Waals surface area contributed by atoms with Crippen LogP contribution in [0.25, 0.3) is 0 Å². The maximum absolute atomic E-state index is 12.8. The van der Waals surface area contributed by atoms with Crippen molar-refractivity contribution in [1.29, 1.82) is 0 Å². The van der Waals surface area contributed by atoms with E-state index in [9.17, 15) is 4.79 Å². The first kappa shape index (κ1) is 17.8. The molecule has 24 heavy (non-hydrogen) atoms. The molecule has 0 radical (unpaired) electrons. The Morgan fingerprint density at radius 2 is 1.88 bits per heavy atom. The molecule has 1 saturated carbocycles. The van der Waals surface area contributed by atoms with Crippen LogP contribution in [0.5, 0.6) is 0 Å². The Hall–Kier alpha value is -1.03. The van der Waals surface area contributed by atoms with Gasteiger partial charge in [-0.05, 0) is 17.4 Å². The number of nitrogens with one attached hydrogen (secondary N) is 1. The summed E-state index contributed by atoms with van der Waals surface area (Å²) < 4.78 is 0.264. The summed E-state index contributed by atoms with van der Waals surface area (Å²) in [4.78, 5) is 16.4. The van der Waals surface area contributed by atoms with Crippen molar-refractivity contribution in [2.75, 3.05) is 26.2 Å². The lowest BCUT2D eigenvalue weighted by molar-refractivity contribution is -0.917. The van der Waals surface area contributed by atoms with Gasteiger partial charge in [0.25, 0.3) is 0 Å². The maximum Gasteiger partial charge on any atom is 0.227 e.